The summed E-state index contributed by atoms with van der Waals surface area (Å²) in [5.41, 5.74) is 5.28. The molecule has 0 spiro atoms. The normalized spacial score (nSPS) is 14.1. The third-order valence-corrected chi connectivity index (χ3v) is 2.51. The Morgan fingerprint density at radius 1 is 1.36 bits per heavy atom. The molecule has 1 aromatic carbocycles. The van der Waals surface area contributed by atoms with E-state index in [1.54, 1.807) is 13.0 Å². The number of rotatable bonds is 1. The Hall–Kier alpha value is -0.550. The second-order valence-electron chi connectivity index (χ2n) is 3.03. The lowest BCUT2D eigenvalue weighted by molar-refractivity contribution is -0.138. The van der Waals surface area contributed by atoms with Gasteiger partial charge in [-0.2, -0.15) is 13.2 Å². The molecule has 0 aliphatic carbocycles. The number of benzene rings is 1. The van der Waals surface area contributed by atoms with Crippen LogP contribution in [0.1, 0.15) is 24.1 Å². The highest BCUT2D eigenvalue weighted by molar-refractivity contribution is 9.10. The first-order chi connectivity index (χ1) is 6.32. The van der Waals surface area contributed by atoms with Gasteiger partial charge in [-0.3, -0.25) is 0 Å². The van der Waals surface area contributed by atoms with Crippen LogP contribution < -0.4 is 5.73 Å². The van der Waals surface area contributed by atoms with Gasteiger partial charge in [-0.1, -0.05) is 22.0 Å². The number of halogens is 4. The van der Waals surface area contributed by atoms with E-state index in [0.29, 0.717) is 5.56 Å². The van der Waals surface area contributed by atoms with Crippen LogP contribution in [0.15, 0.2) is 22.7 Å². The molecule has 0 aliphatic rings. The van der Waals surface area contributed by atoms with Crippen molar-refractivity contribution in [2.75, 3.05) is 0 Å². The standard InChI is InChI=1S/C9H9BrF3N/c1-5(14)6-2-3-8(10)7(4-6)9(11,12)13/h2-5H,14H2,1H3/t5-/m1/s1. The fourth-order valence-corrected chi connectivity index (χ4v) is 1.51. The van der Waals surface area contributed by atoms with E-state index in [0.717, 1.165) is 6.07 Å². The molecule has 0 amide bonds. The molecule has 0 radical (unpaired) electrons. The molecule has 0 fully saturated rings. The summed E-state index contributed by atoms with van der Waals surface area (Å²) in [6.45, 7) is 1.64. The predicted molar refractivity (Wildman–Crippen MR) is 51.7 cm³/mol. The van der Waals surface area contributed by atoms with Crippen LogP contribution in [0.3, 0.4) is 0 Å². The van der Waals surface area contributed by atoms with Crippen molar-refractivity contribution < 1.29 is 13.2 Å². The highest BCUT2D eigenvalue weighted by atomic mass is 79.9. The molecule has 1 aromatic rings. The van der Waals surface area contributed by atoms with Crippen LogP contribution in [-0.4, -0.2) is 0 Å². The Morgan fingerprint density at radius 2 is 1.93 bits per heavy atom. The molecule has 0 heterocycles. The van der Waals surface area contributed by atoms with Gasteiger partial charge in [0.05, 0.1) is 5.56 Å². The molecular weight excluding hydrogens is 259 g/mol. The van der Waals surface area contributed by atoms with Crippen molar-refractivity contribution in [1.29, 1.82) is 0 Å². The minimum atomic E-state index is -4.34. The molecule has 0 unspecified atom stereocenters. The number of nitrogens with two attached hydrogens (primary N) is 1. The molecule has 1 rings (SSSR count). The maximum Gasteiger partial charge on any atom is 0.417 e. The molecule has 0 saturated heterocycles. The van der Waals surface area contributed by atoms with Gasteiger partial charge in [-0.25, -0.2) is 0 Å². The summed E-state index contributed by atoms with van der Waals surface area (Å²) in [7, 11) is 0. The van der Waals surface area contributed by atoms with Crippen LogP contribution >= 0.6 is 15.9 Å². The van der Waals surface area contributed by atoms with Gasteiger partial charge < -0.3 is 5.73 Å². The summed E-state index contributed by atoms with van der Waals surface area (Å²) in [4.78, 5) is 0. The quantitative estimate of drug-likeness (QED) is 0.828. The first-order valence-corrected chi connectivity index (χ1v) is 4.74. The zero-order chi connectivity index (χ0) is 10.9. The molecule has 14 heavy (non-hydrogen) atoms. The molecule has 0 bridgehead atoms. The van der Waals surface area contributed by atoms with Crippen molar-refractivity contribution in [3.8, 4) is 0 Å². The van der Waals surface area contributed by atoms with Crippen LogP contribution in [0.5, 0.6) is 0 Å². The zero-order valence-electron chi connectivity index (χ0n) is 7.40. The second kappa shape index (κ2) is 3.90. The van der Waals surface area contributed by atoms with Gasteiger partial charge in [-0.05, 0) is 24.6 Å². The number of hydrogen-bond donors (Lipinski definition) is 1. The molecule has 0 aromatic heterocycles. The molecular formula is C9H9BrF3N. The first kappa shape index (κ1) is 11.5. The van der Waals surface area contributed by atoms with Crippen LogP contribution in [0.4, 0.5) is 13.2 Å². The van der Waals surface area contributed by atoms with E-state index in [9.17, 15) is 13.2 Å². The van der Waals surface area contributed by atoms with Gasteiger partial charge in [0.15, 0.2) is 0 Å². The van der Waals surface area contributed by atoms with Crippen molar-refractivity contribution >= 4 is 15.9 Å². The van der Waals surface area contributed by atoms with Gasteiger partial charge in [0.2, 0.25) is 0 Å². The Morgan fingerprint density at radius 3 is 2.36 bits per heavy atom. The molecule has 0 aliphatic heterocycles. The van der Waals surface area contributed by atoms with Crippen LogP contribution in [-0.2, 0) is 6.18 Å². The monoisotopic (exact) mass is 267 g/mol. The minimum absolute atomic E-state index is 0.0365. The van der Waals surface area contributed by atoms with Crippen molar-refractivity contribution in [2.24, 2.45) is 5.73 Å². The van der Waals surface area contributed by atoms with E-state index in [2.05, 4.69) is 15.9 Å². The SMILES string of the molecule is C[C@@H](N)c1ccc(Br)c(C(F)(F)F)c1. The molecule has 2 N–H and O–H groups in total. The van der Waals surface area contributed by atoms with E-state index in [-0.39, 0.29) is 4.47 Å². The molecule has 78 valence electrons. The Bertz CT molecular complexity index is 333. The van der Waals surface area contributed by atoms with Crippen molar-refractivity contribution in [3.05, 3.63) is 33.8 Å². The Balaban J connectivity index is 3.22. The third-order valence-electron chi connectivity index (χ3n) is 1.82. The van der Waals surface area contributed by atoms with Gasteiger partial charge >= 0.3 is 6.18 Å². The van der Waals surface area contributed by atoms with Gasteiger partial charge in [0, 0.05) is 10.5 Å². The average Bonchev–Trinajstić information content (AvgIpc) is 2.02. The lowest BCUT2D eigenvalue weighted by atomic mass is 10.1. The van der Waals surface area contributed by atoms with E-state index in [4.69, 9.17) is 5.73 Å². The van der Waals surface area contributed by atoms with Crippen molar-refractivity contribution in [2.45, 2.75) is 19.1 Å². The number of alkyl halides is 3. The topological polar surface area (TPSA) is 26.0 Å². The maximum absolute atomic E-state index is 12.4. The number of hydrogen-bond acceptors (Lipinski definition) is 1. The van der Waals surface area contributed by atoms with Crippen molar-refractivity contribution in [3.63, 3.8) is 0 Å². The van der Waals surface area contributed by atoms with Gasteiger partial charge in [0.1, 0.15) is 0 Å². The summed E-state index contributed by atoms with van der Waals surface area (Å²) in [6.07, 6.45) is -4.34. The van der Waals surface area contributed by atoms with Gasteiger partial charge in [-0.15, -0.1) is 0 Å². The van der Waals surface area contributed by atoms with Crippen molar-refractivity contribution in [1.82, 2.24) is 0 Å². The fraction of sp³-hybridized carbons (Fsp3) is 0.333. The summed E-state index contributed by atoms with van der Waals surface area (Å²) < 4.78 is 37.3. The van der Waals surface area contributed by atoms with Crippen LogP contribution in [0.25, 0.3) is 0 Å². The van der Waals surface area contributed by atoms with Crippen LogP contribution in [0.2, 0.25) is 0 Å². The molecule has 1 atom stereocenters. The summed E-state index contributed by atoms with van der Waals surface area (Å²) in [5.74, 6) is 0. The lowest BCUT2D eigenvalue weighted by Crippen LogP contribution is -2.10. The lowest BCUT2D eigenvalue weighted by Gasteiger charge is -2.12. The smallest absolute Gasteiger partial charge is 0.324 e. The average molecular weight is 268 g/mol. The molecule has 0 saturated carbocycles. The Labute approximate surface area is 88.2 Å². The minimum Gasteiger partial charge on any atom is -0.324 e. The van der Waals surface area contributed by atoms with Crippen LogP contribution in [0, 0.1) is 0 Å². The summed E-state index contributed by atoms with van der Waals surface area (Å²) >= 11 is 2.85. The zero-order valence-corrected chi connectivity index (χ0v) is 8.98. The van der Waals surface area contributed by atoms with Gasteiger partial charge in [0.25, 0.3) is 0 Å². The summed E-state index contributed by atoms with van der Waals surface area (Å²) in [5, 5.41) is 0. The summed E-state index contributed by atoms with van der Waals surface area (Å²) in [6, 6.07) is 3.60. The van der Waals surface area contributed by atoms with E-state index in [1.807, 2.05) is 0 Å². The van der Waals surface area contributed by atoms with E-state index < -0.39 is 17.8 Å². The Kier molecular flexibility index (Phi) is 3.21. The highest BCUT2D eigenvalue weighted by Crippen LogP contribution is 2.35. The molecule has 5 heteroatoms. The predicted octanol–water partition coefficient (Wildman–Crippen LogP) is 3.49. The van der Waals surface area contributed by atoms with E-state index >= 15 is 0 Å². The van der Waals surface area contributed by atoms with E-state index in [1.165, 1.54) is 6.07 Å². The third kappa shape index (κ3) is 2.48. The first-order valence-electron chi connectivity index (χ1n) is 3.94. The fourth-order valence-electron chi connectivity index (χ4n) is 1.04. The maximum atomic E-state index is 12.4. The second-order valence-corrected chi connectivity index (χ2v) is 3.88. The molecule has 1 nitrogen and oxygen atoms in total. The largest absolute Gasteiger partial charge is 0.417 e. The highest BCUT2D eigenvalue weighted by Gasteiger charge is 2.33.